The molecule has 5 nitrogen and oxygen atoms in total. The number of methoxy groups -OCH3 is 1. The third kappa shape index (κ3) is 3.50. The van der Waals surface area contributed by atoms with Crippen molar-refractivity contribution in [2.24, 2.45) is 0 Å². The van der Waals surface area contributed by atoms with Crippen molar-refractivity contribution >= 4 is 23.4 Å². The molecule has 1 aliphatic rings. The largest absolute Gasteiger partial charge is 0.497 e. The normalized spacial score (nSPS) is 14.9. The first kappa shape index (κ1) is 16.6. The standard InChI is InChI=1S/C20H20N2O3/c1-13(2)12-22-17-8-7-15(21)11-18(17)25-19(20(22)23)10-14-5-4-6-16(9-14)24-3/h4-11H,1,12,21H2,2-3H3/b19-10+. The zero-order valence-electron chi connectivity index (χ0n) is 14.3. The second kappa shape index (κ2) is 6.73. The van der Waals surface area contributed by atoms with Crippen molar-refractivity contribution in [2.45, 2.75) is 6.92 Å². The highest BCUT2D eigenvalue weighted by Crippen LogP contribution is 2.37. The third-order valence-electron chi connectivity index (χ3n) is 3.77. The number of fused-ring (bicyclic) bond motifs is 1. The summed E-state index contributed by atoms with van der Waals surface area (Å²) in [6.07, 6.45) is 1.70. The van der Waals surface area contributed by atoms with Crippen molar-refractivity contribution in [3.63, 3.8) is 0 Å². The third-order valence-corrected chi connectivity index (χ3v) is 3.77. The van der Waals surface area contributed by atoms with E-state index in [4.69, 9.17) is 15.2 Å². The summed E-state index contributed by atoms with van der Waals surface area (Å²) in [7, 11) is 1.60. The van der Waals surface area contributed by atoms with Gasteiger partial charge < -0.3 is 15.2 Å². The maximum atomic E-state index is 12.9. The van der Waals surface area contributed by atoms with Crippen LogP contribution in [0.25, 0.3) is 6.08 Å². The predicted molar refractivity (Wildman–Crippen MR) is 99.6 cm³/mol. The van der Waals surface area contributed by atoms with Crippen LogP contribution in [0.2, 0.25) is 0 Å². The van der Waals surface area contributed by atoms with E-state index in [2.05, 4.69) is 6.58 Å². The fourth-order valence-electron chi connectivity index (χ4n) is 2.64. The number of amides is 1. The molecular weight excluding hydrogens is 316 g/mol. The number of carbonyl (C=O) groups is 1. The summed E-state index contributed by atoms with van der Waals surface area (Å²) in [5, 5.41) is 0. The summed E-state index contributed by atoms with van der Waals surface area (Å²) < 4.78 is 11.1. The van der Waals surface area contributed by atoms with Gasteiger partial charge in [0.05, 0.1) is 12.8 Å². The van der Waals surface area contributed by atoms with E-state index in [1.54, 1.807) is 36.3 Å². The minimum absolute atomic E-state index is 0.219. The van der Waals surface area contributed by atoms with Crippen LogP contribution in [-0.4, -0.2) is 19.6 Å². The number of nitrogens with two attached hydrogens (primary N) is 1. The first-order valence-corrected chi connectivity index (χ1v) is 7.87. The van der Waals surface area contributed by atoms with Gasteiger partial charge in [0.15, 0.2) is 11.5 Å². The van der Waals surface area contributed by atoms with Crippen molar-refractivity contribution in [3.8, 4) is 11.5 Å². The Kier molecular flexibility index (Phi) is 4.48. The summed E-state index contributed by atoms with van der Waals surface area (Å²) in [6, 6.07) is 12.7. The van der Waals surface area contributed by atoms with Crippen LogP contribution in [-0.2, 0) is 4.79 Å². The van der Waals surface area contributed by atoms with Crippen LogP contribution >= 0.6 is 0 Å². The Morgan fingerprint density at radius 1 is 1.32 bits per heavy atom. The molecule has 0 spiro atoms. The number of anilines is 2. The van der Waals surface area contributed by atoms with E-state index in [1.807, 2.05) is 31.2 Å². The van der Waals surface area contributed by atoms with Gasteiger partial charge in [0.25, 0.3) is 5.91 Å². The Bertz CT molecular complexity index is 871. The van der Waals surface area contributed by atoms with E-state index in [0.29, 0.717) is 29.4 Å². The summed E-state index contributed by atoms with van der Waals surface area (Å²) in [5.41, 5.74) is 8.80. The van der Waals surface area contributed by atoms with Crippen molar-refractivity contribution < 1.29 is 14.3 Å². The highest BCUT2D eigenvalue weighted by Gasteiger charge is 2.30. The smallest absolute Gasteiger partial charge is 0.294 e. The van der Waals surface area contributed by atoms with Gasteiger partial charge in [0, 0.05) is 18.3 Å². The Balaban J connectivity index is 2.04. The molecule has 3 rings (SSSR count). The molecule has 2 N–H and O–H groups in total. The van der Waals surface area contributed by atoms with Crippen LogP contribution in [0.3, 0.4) is 0 Å². The molecule has 0 aromatic heterocycles. The molecule has 2 aromatic rings. The van der Waals surface area contributed by atoms with Gasteiger partial charge in [0.1, 0.15) is 5.75 Å². The average molecular weight is 336 g/mol. The van der Waals surface area contributed by atoms with E-state index in [1.165, 1.54) is 0 Å². The molecule has 5 heteroatoms. The molecule has 1 heterocycles. The highest BCUT2D eigenvalue weighted by atomic mass is 16.5. The topological polar surface area (TPSA) is 64.8 Å². The first-order valence-electron chi connectivity index (χ1n) is 7.87. The van der Waals surface area contributed by atoms with Crippen LogP contribution < -0.4 is 20.1 Å². The zero-order valence-corrected chi connectivity index (χ0v) is 14.3. The van der Waals surface area contributed by atoms with E-state index >= 15 is 0 Å². The lowest BCUT2D eigenvalue weighted by molar-refractivity contribution is -0.117. The van der Waals surface area contributed by atoms with Crippen LogP contribution in [0.1, 0.15) is 12.5 Å². The van der Waals surface area contributed by atoms with Crippen molar-refractivity contribution in [1.29, 1.82) is 0 Å². The minimum atomic E-state index is -0.219. The molecule has 128 valence electrons. The molecule has 0 unspecified atom stereocenters. The monoisotopic (exact) mass is 336 g/mol. The van der Waals surface area contributed by atoms with Crippen molar-refractivity contribution in [1.82, 2.24) is 0 Å². The maximum Gasteiger partial charge on any atom is 0.294 e. The summed E-state index contributed by atoms with van der Waals surface area (Å²) in [6.45, 7) is 6.20. The Hall–Kier alpha value is -3.21. The van der Waals surface area contributed by atoms with Crippen LogP contribution in [0.4, 0.5) is 11.4 Å². The lowest BCUT2D eigenvalue weighted by atomic mass is 10.1. The van der Waals surface area contributed by atoms with E-state index in [-0.39, 0.29) is 11.7 Å². The minimum Gasteiger partial charge on any atom is -0.497 e. The van der Waals surface area contributed by atoms with Crippen LogP contribution in [0, 0.1) is 0 Å². The summed E-state index contributed by atoms with van der Waals surface area (Å²) in [4.78, 5) is 14.5. The second-order valence-corrected chi connectivity index (χ2v) is 5.96. The van der Waals surface area contributed by atoms with Gasteiger partial charge >= 0.3 is 0 Å². The molecule has 1 amide bonds. The van der Waals surface area contributed by atoms with Gasteiger partial charge in [-0.15, -0.1) is 0 Å². The molecule has 2 aromatic carbocycles. The number of ether oxygens (including phenoxy) is 2. The molecule has 25 heavy (non-hydrogen) atoms. The predicted octanol–water partition coefficient (Wildman–Crippen LogP) is 3.62. The Morgan fingerprint density at radius 3 is 2.84 bits per heavy atom. The Morgan fingerprint density at radius 2 is 2.12 bits per heavy atom. The first-order chi connectivity index (χ1) is 12.0. The fraction of sp³-hybridized carbons (Fsp3) is 0.150. The van der Waals surface area contributed by atoms with Gasteiger partial charge in [0.2, 0.25) is 0 Å². The molecule has 0 saturated carbocycles. The number of rotatable bonds is 4. The van der Waals surface area contributed by atoms with Gasteiger partial charge in [-0.2, -0.15) is 0 Å². The molecule has 0 aliphatic carbocycles. The number of hydrogen-bond donors (Lipinski definition) is 1. The van der Waals surface area contributed by atoms with Crippen LogP contribution in [0.5, 0.6) is 11.5 Å². The van der Waals surface area contributed by atoms with E-state index in [9.17, 15) is 4.79 Å². The van der Waals surface area contributed by atoms with E-state index < -0.39 is 0 Å². The quantitative estimate of drug-likeness (QED) is 0.526. The number of hydrogen-bond acceptors (Lipinski definition) is 4. The molecule has 1 aliphatic heterocycles. The van der Waals surface area contributed by atoms with Gasteiger partial charge in [-0.25, -0.2) is 0 Å². The lowest BCUT2D eigenvalue weighted by Gasteiger charge is -2.30. The lowest BCUT2D eigenvalue weighted by Crippen LogP contribution is -2.38. The number of benzene rings is 2. The Labute approximate surface area is 147 Å². The number of nitrogens with zero attached hydrogens (tertiary/aromatic N) is 1. The maximum absolute atomic E-state index is 12.9. The van der Waals surface area contributed by atoms with E-state index in [0.717, 1.165) is 11.1 Å². The molecule has 0 fully saturated rings. The summed E-state index contributed by atoms with van der Waals surface area (Å²) >= 11 is 0. The molecule has 0 radical (unpaired) electrons. The number of nitrogen functional groups attached to an aromatic ring is 1. The van der Waals surface area contributed by atoms with Crippen molar-refractivity contribution in [2.75, 3.05) is 24.3 Å². The molecule has 0 atom stereocenters. The molecule has 0 saturated heterocycles. The highest BCUT2D eigenvalue weighted by molar-refractivity contribution is 6.10. The van der Waals surface area contributed by atoms with Crippen LogP contribution in [0.15, 0.2) is 60.4 Å². The zero-order chi connectivity index (χ0) is 18.0. The van der Waals surface area contributed by atoms with Gasteiger partial charge in [-0.1, -0.05) is 24.3 Å². The average Bonchev–Trinajstić information content (AvgIpc) is 2.58. The molecular formula is C20H20N2O3. The van der Waals surface area contributed by atoms with Gasteiger partial charge in [-0.05, 0) is 42.8 Å². The fourth-order valence-corrected chi connectivity index (χ4v) is 2.64. The van der Waals surface area contributed by atoms with Gasteiger partial charge in [-0.3, -0.25) is 9.69 Å². The summed E-state index contributed by atoms with van der Waals surface area (Å²) in [5.74, 6) is 1.27. The van der Waals surface area contributed by atoms with Crippen molar-refractivity contribution in [3.05, 3.63) is 65.9 Å². The second-order valence-electron chi connectivity index (χ2n) is 5.96. The molecule has 0 bridgehead atoms. The SMILES string of the molecule is C=C(C)CN1C(=O)/C(=C\c2cccc(OC)c2)Oc2cc(N)ccc21. The number of carbonyl (C=O) groups excluding carboxylic acids is 1.